The largest absolute Gasteiger partial charge is 0.411 e. The molecule has 74 valence electrons. The molecule has 0 aliphatic rings. The third kappa shape index (κ3) is 3.55. The monoisotopic (exact) mass is 187 g/mol. The molecule has 0 atom stereocenters. The van der Waals surface area contributed by atoms with Crippen molar-refractivity contribution in [3.63, 3.8) is 0 Å². The predicted octanol–water partition coefficient (Wildman–Crippen LogP) is 0.861. The van der Waals surface area contributed by atoms with E-state index in [2.05, 4.69) is 25.1 Å². The zero-order chi connectivity index (χ0) is 10.3. The summed E-state index contributed by atoms with van der Waals surface area (Å²) in [6.45, 7) is 3.24. The molecular formula is C7H13N3O3. The summed E-state index contributed by atoms with van der Waals surface area (Å²) in [5.74, 6) is 0. The van der Waals surface area contributed by atoms with Crippen molar-refractivity contribution in [2.75, 3.05) is 14.2 Å². The second-order valence-corrected chi connectivity index (χ2v) is 2.17. The maximum absolute atomic E-state index is 8.50. The minimum absolute atomic E-state index is 0.306. The molecule has 0 saturated heterocycles. The Bertz CT molecular complexity index is 245. The summed E-state index contributed by atoms with van der Waals surface area (Å²) in [7, 11) is 2.81. The van der Waals surface area contributed by atoms with Gasteiger partial charge < -0.3 is 14.9 Å². The average molecular weight is 187 g/mol. The molecule has 0 radical (unpaired) electrons. The smallest absolute Gasteiger partial charge is 0.151 e. The lowest BCUT2D eigenvalue weighted by atomic mass is 10.2. The van der Waals surface area contributed by atoms with E-state index in [1.165, 1.54) is 14.2 Å². The van der Waals surface area contributed by atoms with E-state index in [0.717, 1.165) is 0 Å². The Morgan fingerprint density at radius 3 is 1.92 bits per heavy atom. The van der Waals surface area contributed by atoms with Crippen molar-refractivity contribution in [3.05, 3.63) is 0 Å². The Kier molecular flexibility index (Phi) is 5.25. The van der Waals surface area contributed by atoms with Crippen LogP contribution < -0.4 is 0 Å². The molecule has 0 aliphatic heterocycles. The Labute approximate surface area is 76.5 Å². The highest BCUT2D eigenvalue weighted by Gasteiger charge is 2.10. The Morgan fingerprint density at radius 1 is 1.00 bits per heavy atom. The Morgan fingerprint density at radius 2 is 1.54 bits per heavy atom. The fourth-order valence-electron chi connectivity index (χ4n) is 0.713. The van der Waals surface area contributed by atoms with E-state index in [9.17, 15) is 0 Å². The lowest BCUT2D eigenvalue weighted by molar-refractivity contribution is 0.210. The molecule has 13 heavy (non-hydrogen) atoms. The Balaban J connectivity index is 4.83. The molecule has 0 unspecified atom stereocenters. The number of hydrogen-bond acceptors (Lipinski definition) is 6. The van der Waals surface area contributed by atoms with Gasteiger partial charge in [0.05, 0.1) is 0 Å². The van der Waals surface area contributed by atoms with E-state index < -0.39 is 0 Å². The first kappa shape index (κ1) is 11.4. The van der Waals surface area contributed by atoms with Gasteiger partial charge in [0.15, 0.2) is 5.71 Å². The van der Waals surface area contributed by atoms with E-state index >= 15 is 0 Å². The second kappa shape index (κ2) is 5.99. The van der Waals surface area contributed by atoms with Crippen LogP contribution in [0.3, 0.4) is 0 Å². The van der Waals surface area contributed by atoms with Gasteiger partial charge in [0.2, 0.25) is 0 Å². The van der Waals surface area contributed by atoms with E-state index in [4.69, 9.17) is 5.21 Å². The fourth-order valence-corrected chi connectivity index (χ4v) is 0.713. The third-order valence-corrected chi connectivity index (χ3v) is 1.25. The molecule has 0 aromatic rings. The lowest BCUT2D eigenvalue weighted by Gasteiger charge is -2.01. The van der Waals surface area contributed by atoms with Crippen LogP contribution in [0.2, 0.25) is 0 Å². The van der Waals surface area contributed by atoms with E-state index in [1.54, 1.807) is 13.8 Å². The summed E-state index contributed by atoms with van der Waals surface area (Å²) >= 11 is 0. The molecular weight excluding hydrogens is 174 g/mol. The van der Waals surface area contributed by atoms with Gasteiger partial charge in [-0.3, -0.25) is 0 Å². The molecule has 0 saturated carbocycles. The molecule has 0 rings (SSSR count). The highest BCUT2D eigenvalue weighted by molar-refractivity contribution is 6.67. The normalized spacial score (nSPS) is 14.3. The molecule has 0 bridgehead atoms. The van der Waals surface area contributed by atoms with Crippen molar-refractivity contribution in [2.24, 2.45) is 15.5 Å². The number of hydrogen-bond donors (Lipinski definition) is 1. The first-order chi connectivity index (χ1) is 6.17. The first-order valence-electron chi connectivity index (χ1n) is 3.55. The van der Waals surface area contributed by atoms with Crippen molar-refractivity contribution < 1.29 is 14.9 Å². The highest BCUT2D eigenvalue weighted by atomic mass is 16.6. The zero-order valence-corrected chi connectivity index (χ0v) is 8.11. The molecule has 0 aliphatic carbocycles. The van der Waals surface area contributed by atoms with Gasteiger partial charge in [-0.15, -0.1) is 0 Å². The van der Waals surface area contributed by atoms with Gasteiger partial charge in [0.25, 0.3) is 0 Å². The summed E-state index contributed by atoms with van der Waals surface area (Å²) in [5.41, 5.74) is 1.12. The minimum atomic E-state index is 0.306. The quantitative estimate of drug-likeness (QED) is 0.403. The summed E-state index contributed by atoms with van der Waals surface area (Å²) < 4.78 is 0. The molecule has 0 heterocycles. The van der Waals surface area contributed by atoms with Crippen LogP contribution in [0.1, 0.15) is 13.8 Å². The van der Waals surface area contributed by atoms with Crippen LogP contribution in [-0.2, 0) is 9.68 Å². The van der Waals surface area contributed by atoms with Crippen molar-refractivity contribution >= 4 is 17.1 Å². The van der Waals surface area contributed by atoms with Crippen LogP contribution in [0.5, 0.6) is 0 Å². The standard InChI is InChI=1S/C7H13N3O3/c1-5(8-11)7(10-13-4)6(2)9-12-3/h11H,1-4H3/b8-5+,9-6+,10-7+. The minimum Gasteiger partial charge on any atom is -0.411 e. The van der Waals surface area contributed by atoms with Crippen LogP contribution in [0, 0.1) is 0 Å². The zero-order valence-electron chi connectivity index (χ0n) is 8.11. The molecule has 0 spiro atoms. The summed E-state index contributed by atoms with van der Waals surface area (Å²) in [5, 5.41) is 18.7. The van der Waals surface area contributed by atoms with Gasteiger partial charge in [-0.1, -0.05) is 15.5 Å². The van der Waals surface area contributed by atoms with Crippen molar-refractivity contribution in [3.8, 4) is 0 Å². The fraction of sp³-hybridized carbons (Fsp3) is 0.571. The third-order valence-electron chi connectivity index (χ3n) is 1.25. The lowest BCUT2D eigenvalue weighted by Crippen LogP contribution is -2.20. The molecule has 6 heteroatoms. The van der Waals surface area contributed by atoms with Gasteiger partial charge in [-0.05, 0) is 13.8 Å². The molecule has 1 N–H and O–H groups in total. The van der Waals surface area contributed by atoms with Gasteiger partial charge >= 0.3 is 0 Å². The van der Waals surface area contributed by atoms with E-state index in [-0.39, 0.29) is 0 Å². The summed E-state index contributed by atoms with van der Waals surface area (Å²) in [4.78, 5) is 9.09. The van der Waals surface area contributed by atoms with Crippen LogP contribution in [0.4, 0.5) is 0 Å². The first-order valence-corrected chi connectivity index (χ1v) is 3.55. The SMILES string of the molecule is CO/N=C(C)/C(=N/OC)C(/C)=N/O. The van der Waals surface area contributed by atoms with Crippen LogP contribution in [0.25, 0.3) is 0 Å². The van der Waals surface area contributed by atoms with Gasteiger partial charge in [0, 0.05) is 0 Å². The average Bonchev–Trinajstić information content (AvgIpc) is 2.13. The van der Waals surface area contributed by atoms with Crippen molar-refractivity contribution in [1.82, 2.24) is 0 Å². The molecule has 0 fully saturated rings. The van der Waals surface area contributed by atoms with Crippen LogP contribution in [-0.4, -0.2) is 36.6 Å². The predicted molar refractivity (Wildman–Crippen MR) is 49.5 cm³/mol. The van der Waals surface area contributed by atoms with Gasteiger partial charge in [-0.25, -0.2) is 0 Å². The molecule has 6 nitrogen and oxygen atoms in total. The van der Waals surface area contributed by atoms with E-state index in [0.29, 0.717) is 17.1 Å². The van der Waals surface area contributed by atoms with Crippen molar-refractivity contribution in [1.29, 1.82) is 0 Å². The summed E-state index contributed by atoms with van der Waals surface area (Å²) in [6, 6.07) is 0. The van der Waals surface area contributed by atoms with Crippen LogP contribution in [0.15, 0.2) is 15.5 Å². The maximum Gasteiger partial charge on any atom is 0.151 e. The molecule has 0 aromatic carbocycles. The van der Waals surface area contributed by atoms with E-state index in [1.807, 2.05) is 0 Å². The highest BCUT2D eigenvalue weighted by Crippen LogP contribution is 1.91. The Hall–Kier alpha value is -1.59. The van der Waals surface area contributed by atoms with Crippen molar-refractivity contribution in [2.45, 2.75) is 13.8 Å². The number of oxime groups is 3. The van der Waals surface area contributed by atoms with Crippen LogP contribution >= 0.6 is 0 Å². The van der Waals surface area contributed by atoms with Gasteiger partial charge in [0.1, 0.15) is 25.6 Å². The maximum atomic E-state index is 8.50. The second-order valence-electron chi connectivity index (χ2n) is 2.17. The molecule has 0 aromatic heterocycles. The molecule has 0 amide bonds. The summed E-state index contributed by atoms with van der Waals surface area (Å²) in [6.07, 6.45) is 0. The topological polar surface area (TPSA) is 75.8 Å². The number of rotatable bonds is 4. The van der Waals surface area contributed by atoms with Gasteiger partial charge in [-0.2, -0.15) is 0 Å². The number of nitrogens with zero attached hydrogens (tertiary/aromatic N) is 3.